The van der Waals surface area contributed by atoms with E-state index in [0.29, 0.717) is 10.6 Å². The van der Waals surface area contributed by atoms with Crippen molar-refractivity contribution < 1.29 is 13.2 Å². The molecule has 26 heavy (non-hydrogen) atoms. The second-order valence-corrected chi connectivity index (χ2v) is 8.83. The standard InChI is InChI=1S/C17H15Cl3N2O3S/c18-13-5-2-1-4-12(13)17(23)21-8-10-22(11-9-21)26(24,25)15-7-3-6-14(19)16(15)20/h1-7H,8-11H2. The van der Waals surface area contributed by atoms with E-state index in [1.807, 2.05) is 0 Å². The fourth-order valence-electron chi connectivity index (χ4n) is 2.76. The van der Waals surface area contributed by atoms with E-state index in [1.54, 1.807) is 29.2 Å². The molecule has 1 amide bonds. The molecule has 138 valence electrons. The third kappa shape index (κ3) is 3.70. The fourth-order valence-corrected chi connectivity index (χ4v) is 5.13. The summed E-state index contributed by atoms with van der Waals surface area (Å²) in [7, 11) is -3.78. The number of halogens is 3. The average Bonchev–Trinajstić information content (AvgIpc) is 2.64. The van der Waals surface area contributed by atoms with Crippen LogP contribution in [0.5, 0.6) is 0 Å². The molecule has 1 fully saturated rings. The molecule has 0 aromatic heterocycles. The molecule has 0 N–H and O–H groups in total. The molecular formula is C17H15Cl3N2O3S. The summed E-state index contributed by atoms with van der Waals surface area (Å²) >= 11 is 18.1. The number of benzene rings is 2. The summed E-state index contributed by atoms with van der Waals surface area (Å²) in [4.78, 5) is 14.1. The van der Waals surface area contributed by atoms with Crippen molar-refractivity contribution in [3.8, 4) is 0 Å². The topological polar surface area (TPSA) is 57.7 Å². The molecule has 5 nitrogen and oxygen atoms in total. The van der Waals surface area contributed by atoms with E-state index in [1.165, 1.54) is 22.5 Å². The number of hydrogen-bond acceptors (Lipinski definition) is 3. The highest BCUT2D eigenvalue weighted by atomic mass is 35.5. The van der Waals surface area contributed by atoms with E-state index >= 15 is 0 Å². The predicted molar refractivity (Wildman–Crippen MR) is 103 cm³/mol. The lowest BCUT2D eigenvalue weighted by atomic mass is 10.2. The van der Waals surface area contributed by atoms with Crippen LogP contribution in [0.1, 0.15) is 10.4 Å². The number of amides is 1. The largest absolute Gasteiger partial charge is 0.336 e. The van der Waals surface area contributed by atoms with Gasteiger partial charge in [0.1, 0.15) is 4.90 Å². The Balaban J connectivity index is 1.75. The van der Waals surface area contributed by atoms with Crippen LogP contribution in [0.3, 0.4) is 0 Å². The van der Waals surface area contributed by atoms with E-state index in [2.05, 4.69) is 0 Å². The van der Waals surface area contributed by atoms with Gasteiger partial charge in [0.15, 0.2) is 0 Å². The summed E-state index contributed by atoms with van der Waals surface area (Å²) in [5.74, 6) is -0.214. The van der Waals surface area contributed by atoms with Gasteiger partial charge in [-0.2, -0.15) is 4.31 Å². The summed E-state index contributed by atoms with van der Waals surface area (Å²) in [6, 6.07) is 11.3. The molecule has 2 aromatic rings. The minimum Gasteiger partial charge on any atom is -0.336 e. The lowest BCUT2D eigenvalue weighted by Gasteiger charge is -2.34. The van der Waals surface area contributed by atoms with Gasteiger partial charge in [-0.15, -0.1) is 0 Å². The van der Waals surface area contributed by atoms with E-state index in [-0.39, 0.29) is 47.0 Å². The van der Waals surface area contributed by atoms with Gasteiger partial charge in [0, 0.05) is 26.2 Å². The molecule has 1 aliphatic rings. The summed E-state index contributed by atoms with van der Waals surface area (Å²) in [6.45, 7) is 0.867. The molecule has 2 aromatic carbocycles. The zero-order valence-electron chi connectivity index (χ0n) is 13.5. The predicted octanol–water partition coefficient (Wildman–Crippen LogP) is 3.79. The molecule has 0 unspecified atom stereocenters. The minimum atomic E-state index is -3.78. The van der Waals surface area contributed by atoms with Crippen LogP contribution in [0.2, 0.25) is 15.1 Å². The van der Waals surface area contributed by atoms with Gasteiger partial charge in [0.25, 0.3) is 5.91 Å². The highest BCUT2D eigenvalue weighted by molar-refractivity contribution is 7.89. The van der Waals surface area contributed by atoms with Crippen molar-refractivity contribution in [3.05, 3.63) is 63.1 Å². The molecule has 0 radical (unpaired) electrons. The van der Waals surface area contributed by atoms with Crippen molar-refractivity contribution >= 4 is 50.7 Å². The smallest absolute Gasteiger partial charge is 0.255 e. The molecule has 1 aliphatic heterocycles. The monoisotopic (exact) mass is 432 g/mol. The van der Waals surface area contributed by atoms with Crippen LogP contribution < -0.4 is 0 Å². The molecule has 1 saturated heterocycles. The number of rotatable bonds is 3. The van der Waals surface area contributed by atoms with E-state index < -0.39 is 10.0 Å². The van der Waals surface area contributed by atoms with Crippen molar-refractivity contribution in [2.24, 2.45) is 0 Å². The number of carbonyl (C=O) groups is 1. The summed E-state index contributed by atoms with van der Waals surface area (Å²) in [6.07, 6.45) is 0. The van der Waals surface area contributed by atoms with Crippen LogP contribution in [0.25, 0.3) is 0 Å². The SMILES string of the molecule is O=C(c1ccccc1Cl)N1CCN(S(=O)(=O)c2cccc(Cl)c2Cl)CC1. The Morgan fingerprint density at radius 3 is 2.12 bits per heavy atom. The summed E-state index contributed by atoms with van der Waals surface area (Å²) < 4.78 is 26.9. The number of carbonyl (C=O) groups excluding carboxylic acids is 1. The first-order valence-electron chi connectivity index (χ1n) is 7.80. The average molecular weight is 434 g/mol. The molecular weight excluding hydrogens is 419 g/mol. The fraction of sp³-hybridized carbons (Fsp3) is 0.235. The zero-order valence-corrected chi connectivity index (χ0v) is 16.6. The number of sulfonamides is 1. The highest BCUT2D eigenvalue weighted by Gasteiger charge is 2.32. The third-order valence-corrected chi connectivity index (χ3v) is 7.37. The van der Waals surface area contributed by atoms with Gasteiger partial charge >= 0.3 is 0 Å². The molecule has 1 heterocycles. The molecule has 3 rings (SSSR count). The Bertz CT molecular complexity index is 942. The van der Waals surface area contributed by atoms with Gasteiger partial charge in [0.05, 0.1) is 20.6 Å². The lowest BCUT2D eigenvalue weighted by molar-refractivity contribution is 0.0698. The van der Waals surface area contributed by atoms with Gasteiger partial charge < -0.3 is 4.90 Å². The maximum absolute atomic E-state index is 12.8. The van der Waals surface area contributed by atoms with E-state index in [0.717, 1.165) is 0 Å². The van der Waals surface area contributed by atoms with Gasteiger partial charge in [-0.05, 0) is 24.3 Å². The normalized spacial score (nSPS) is 15.9. The molecule has 9 heteroatoms. The van der Waals surface area contributed by atoms with E-state index in [4.69, 9.17) is 34.8 Å². The lowest BCUT2D eigenvalue weighted by Crippen LogP contribution is -2.50. The van der Waals surface area contributed by atoms with Crippen LogP contribution in [-0.4, -0.2) is 49.7 Å². The van der Waals surface area contributed by atoms with Crippen LogP contribution in [0.4, 0.5) is 0 Å². The van der Waals surface area contributed by atoms with Crippen molar-refractivity contribution in [1.29, 1.82) is 0 Å². The number of piperazine rings is 1. The van der Waals surface area contributed by atoms with Gasteiger partial charge in [-0.1, -0.05) is 53.0 Å². The maximum atomic E-state index is 12.8. The Labute approximate surface area is 167 Å². The second kappa shape index (κ2) is 7.74. The maximum Gasteiger partial charge on any atom is 0.255 e. The number of nitrogens with zero attached hydrogens (tertiary/aromatic N) is 2. The summed E-state index contributed by atoms with van der Waals surface area (Å²) in [5.41, 5.74) is 0.406. The quantitative estimate of drug-likeness (QED) is 0.740. The van der Waals surface area contributed by atoms with E-state index in [9.17, 15) is 13.2 Å². The number of hydrogen-bond donors (Lipinski definition) is 0. The Morgan fingerprint density at radius 2 is 1.46 bits per heavy atom. The van der Waals surface area contributed by atoms with Crippen molar-refractivity contribution in [2.75, 3.05) is 26.2 Å². The first-order chi connectivity index (χ1) is 12.3. The highest BCUT2D eigenvalue weighted by Crippen LogP contribution is 2.31. The molecule has 0 saturated carbocycles. The Hall–Kier alpha value is -1.31. The van der Waals surface area contributed by atoms with Crippen molar-refractivity contribution in [1.82, 2.24) is 9.21 Å². The minimum absolute atomic E-state index is 0.00346. The second-order valence-electron chi connectivity index (χ2n) is 5.73. The Kier molecular flexibility index (Phi) is 5.79. The van der Waals surface area contributed by atoms with Gasteiger partial charge in [-0.3, -0.25) is 4.79 Å². The van der Waals surface area contributed by atoms with Crippen LogP contribution in [-0.2, 0) is 10.0 Å². The molecule has 0 atom stereocenters. The first kappa shape index (κ1) is 19.5. The first-order valence-corrected chi connectivity index (χ1v) is 10.4. The van der Waals surface area contributed by atoms with Gasteiger partial charge in [-0.25, -0.2) is 8.42 Å². The van der Waals surface area contributed by atoms with Crippen LogP contribution in [0.15, 0.2) is 47.4 Å². The molecule has 0 bridgehead atoms. The third-order valence-electron chi connectivity index (χ3n) is 4.16. The summed E-state index contributed by atoms with van der Waals surface area (Å²) in [5, 5.41) is 0.558. The Morgan fingerprint density at radius 1 is 0.846 bits per heavy atom. The molecule has 0 aliphatic carbocycles. The van der Waals surface area contributed by atoms with Crippen LogP contribution >= 0.6 is 34.8 Å². The molecule has 0 spiro atoms. The van der Waals surface area contributed by atoms with Crippen molar-refractivity contribution in [2.45, 2.75) is 4.90 Å². The van der Waals surface area contributed by atoms with Gasteiger partial charge in [0.2, 0.25) is 10.0 Å². The van der Waals surface area contributed by atoms with Crippen molar-refractivity contribution in [3.63, 3.8) is 0 Å². The zero-order chi connectivity index (χ0) is 18.9. The van der Waals surface area contributed by atoms with Crippen LogP contribution in [0, 0.1) is 0 Å².